The van der Waals surface area contributed by atoms with Gasteiger partial charge in [0.25, 0.3) is 0 Å². The number of benzene rings is 1. The second-order valence-corrected chi connectivity index (χ2v) is 8.20. The Morgan fingerprint density at radius 1 is 1.38 bits per heavy atom. The number of nitrogens with one attached hydrogen (secondary N) is 1. The van der Waals surface area contributed by atoms with Crippen LogP contribution in [-0.4, -0.2) is 30.1 Å². The molecule has 0 bridgehead atoms. The van der Waals surface area contributed by atoms with Crippen LogP contribution in [0.5, 0.6) is 0 Å². The second kappa shape index (κ2) is 7.75. The van der Waals surface area contributed by atoms with E-state index >= 15 is 0 Å². The van der Waals surface area contributed by atoms with E-state index in [0.29, 0.717) is 17.2 Å². The first-order chi connectivity index (χ1) is 9.99. The summed E-state index contributed by atoms with van der Waals surface area (Å²) < 4.78 is 0. The lowest BCUT2D eigenvalue weighted by molar-refractivity contribution is 0.552. The molecule has 1 N–H and O–H groups in total. The van der Waals surface area contributed by atoms with Crippen molar-refractivity contribution in [2.24, 2.45) is 5.92 Å². The van der Waals surface area contributed by atoms with Crippen molar-refractivity contribution < 1.29 is 0 Å². The minimum atomic E-state index is 0.560. The normalized spacial score (nSPS) is 22.9. The number of anilines is 1. The predicted octanol–water partition coefficient (Wildman–Crippen LogP) is 4.42. The molecule has 0 saturated carbocycles. The van der Waals surface area contributed by atoms with Crippen molar-refractivity contribution in [3.63, 3.8) is 0 Å². The molecule has 2 rings (SSSR count). The van der Waals surface area contributed by atoms with Crippen molar-refractivity contribution in [2.75, 3.05) is 23.7 Å². The predicted molar refractivity (Wildman–Crippen MR) is 96.7 cm³/mol. The third-order valence-corrected chi connectivity index (χ3v) is 5.81. The molecule has 1 aromatic rings. The quantitative estimate of drug-likeness (QED) is 0.862. The lowest BCUT2D eigenvalue weighted by atomic mass is 10.1. The van der Waals surface area contributed by atoms with Gasteiger partial charge in [-0.2, -0.15) is 11.8 Å². The Morgan fingerprint density at radius 2 is 2.14 bits per heavy atom. The van der Waals surface area contributed by atoms with Crippen LogP contribution in [0.25, 0.3) is 0 Å². The van der Waals surface area contributed by atoms with Gasteiger partial charge in [-0.1, -0.05) is 38.4 Å². The van der Waals surface area contributed by atoms with E-state index in [1.54, 1.807) is 0 Å². The molecule has 4 heteroatoms. The maximum absolute atomic E-state index is 6.48. The third-order valence-electron chi connectivity index (χ3n) is 4.12. The van der Waals surface area contributed by atoms with Crippen LogP contribution in [0, 0.1) is 5.92 Å². The van der Waals surface area contributed by atoms with Gasteiger partial charge in [-0.25, -0.2) is 0 Å². The van der Waals surface area contributed by atoms with Gasteiger partial charge in [0.05, 0.1) is 0 Å². The highest BCUT2D eigenvalue weighted by atomic mass is 35.5. The summed E-state index contributed by atoms with van der Waals surface area (Å²) in [7, 11) is 0. The van der Waals surface area contributed by atoms with E-state index in [4.69, 9.17) is 11.6 Å². The van der Waals surface area contributed by atoms with Gasteiger partial charge >= 0.3 is 0 Å². The number of hydrogen-bond donors (Lipinski definition) is 1. The lowest BCUT2D eigenvalue weighted by Crippen LogP contribution is -2.44. The molecule has 21 heavy (non-hydrogen) atoms. The minimum Gasteiger partial charge on any atom is -0.367 e. The molecule has 118 valence electrons. The molecule has 1 fully saturated rings. The number of thioether (sulfide) groups is 1. The van der Waals surface area contributed by atoms with Crippen molar-refractivity contribution in [2.45, 2.75) is 45.5 Å². The first-order valence-electron chi connectivity index (χ1n) is 7.86. The summed E-state index contributed by atoms with van der Waals surface area (Å²) in [5.41, 5.74) is 2.44. The van der Waals surface area contributed by atoms with Gasteiger partial charge in [-0.15, -0.1) is 0 Å². The third kappa shape index (κ3) is 4.54. The average Bonchev–Trinajstić information content (AvgIpc) is 2.43. The van der Waals surface area contributed by atoms with Crippen LogP contribution in [-0.2, 0) is 6.54 Å². The van der Waals surface area contributed by atoms with E-state index in [2.05, 4.69) is 67.9 Å². The van der Waals surface area contributed by atoms with E-state index < -0.39 is 0 Å². The maximum Gasteiger partial charge on any atom is 0.0471 e. The van der Waals surface area contributed by atoms with Crippen LogP contribution < -0.4 is 10.2 Å². The van der Waals surface area contributed by atoms with Crippen LogP contribution in [0.15, 0.2) is 18.2 Å². The van der Waals surface area contributed by atoms with Gasteiger partial charge in [0.2, 0.25) is 0 Å². The summed E-state index contributed by atoms with van der Waals surface area (Å²) >= 11 is 8.54. The monoisotopic (exact) mass is 326 g/mol. The molecule has 1 aliphatic rings. The second-order valence-electron chi connectivity index (χ2n) is 6.31. The molecule has 1 aromatic carbocycles. The van der Waals surface area contributed by atoms with Crippen LogP contribution in [0.3, 0.4) is 0 Å². The van der Waals surface area contributed by atoms with E-state index in [1.165, 1.54) is 17.0 Å². The molecular weight excluding hydrogens is 300 g/mol. The van der Waals surface area contributed by atoms with Crippen molar-refractivity contribution in [1.29, 1.82) is 0 Å². The van der Waals surface area contributed by atoms with Crippen LogP contribution in [0.1, 0.15) is 33.3 Å². The van der Waals surface area contributed by atoms with E-state index in [-0.39, 0.29) is 0 Å². The minimum absolute atomic E-state index is 0.560. The Hall–Kier alpha value is -0.380. The van der Waals surface area contributed by atoms with Gasteiger partial charge in [-0.05, 0) is 37.1 Å². The van der Waals surface area contributed by atoms with Gasteiger partial charge in [0.1, 0.15) is 0 Å². The number of rotatable bonds is 5. The van der Waals surface area contributed by atoms with E-state index in [0.717, 1.165) is 24.7 Å². The fraction of sp³-hybridized carbons (Fsp3) is 0.647. The molecule has 0 spiro atoms. The zero-order valence-electron chi connectivity index (χ0n) is 13.5. The van der Waals surface area contributed by atoms with E-state index in [1.807, 2.05) is 0 Å². The molecule has 2 atom stereocenters. The highest BCUT2D eigenvalue weighted by Gasteiger charge is 2.25. The lowest BCUT2D eigenvalue weighted by Gasteiger charge is -2.39. The van der Waals surface area contributed by atoms with Crippen LogP contribution in [0.2, 0.25) is 5.02 Å². The summed E-state index contributed by atoms with van der Waals surface area (Å²) in [4.78, 5) is 2.48. The molecule has 1 aliphatic heterocycles. The van der Waals surface area contributed by atoms with Gasteiger partial charge in [0, 0.05) is 40.8 Å². The van der Waals surface area contributed by atoms with Crippen LogP contribution >= 0.6 is 23.4 Å². The van der Waals surface area contributed by atoms with Gasteiger partial charge < -0.3 is 10.2 Å². The SMILES string of the molecule is CC(C)CNCc1ccc(N2CCSC(C)C2C)cc1Cl. The molecular formula is C17H27ClN2S. The summed E-state index contributed by atoms with van der Waals surface area (Å²) in [6.45, 7) is 12.0. The van der Waals surface area contributed by atoms with Crippen molar-refractivity contribution in [1.82, 2.24) is 5.32 Å². The molecule has 1 saturated heterocycles. The first kappa shape index (κ1) is 17.0. The molecule has 1 heterocycles. The van der Waals surface area contributed by atoms with Gasteiger partial charge in [0.15, 0.2) is 0 Å². The standard InChI is InChI=1S/C17H27ClN2S/c1-12(2)10-19-11-15-5-6-16(9-17(15)18)20-7-8-21-14(4)13(20)3/h5-6,9,12-14,19H,7-8,10-11H2,1-4H3. The molecule has 0 amide bonds. The zero-order valence-corrected chi connectivity index (χ0v) is 15.1. The molecule has 2 nitrogen and oxygen atoms in total. The van der Waals surface area contributed by atoms with Crippen molar-refractivity contribution >= 4 is 29.1 Å². The molecule has 0 aromatic heterocycles. The van der Waals surface area contributed by atoms with Crippen molar-refractivity contribution in [3.05, 3.63) is 28.8 Å². The fourth-order valence-corrected chi connectivity index (χ4v) is 3.99. The Bertz CT molecular complexity index is 464. The first-order valence-corrected chi connectivity index (χ1v) is 9.29. The highest BCUT2D eigenvalue weighted by Crippen LogP contribution is 2.31. The summed E-state index contributed by atoms with van der Waals surface area (Å²) in [6, 6.07) is 7.08. The Morgan fingerprint density at radius 3 is 2.81 bits per heavy atom. The number of hydrogen-bond acceptors (Lipinski definition) is 3. The summed E-state index contributed by atoms with van der Waals surface area (Å²) in [6.07, 6.45) is 0. The Kier molecular flexibility index (Phi) is 6.27. The smallest absolute Gasteiger partial charge is 0.0471 e. The Labute approximate surface area is 138 Å². The molecule has 2 unspecified atom stereocenters. The molecule has 0 aliphatic carbocycles. The summed E-state index contributed by atoms with van der Waals surface area (Å²) in [5, 5.41) is 5.00. The average molecular weight is 327 g/mol. The van der Waals surface area contributed by atoms with Crippen LogP contribution in [0.4, 0.5) is 5.69 Å². The topological polar surface area (TPSA) is 15.3 Å². The number of halogens is 1. The Balaban J connectivity index is 2.04. The van der Waals surface area contributed by atoms with Gasteiger partial charge in [-0.3, -0.25) is 0 Å². The number of nitrogens with zero attached hydrogens (tertiary/aromatic N) is 1. The highest BCUT2D eigenvalue weighted by molar-refractivity contribution is 8.00. The summed E-state index contributed by atoms with van der Waals surface area (Å²) in [5.74, 6) is 1.86. The largest absolute Gasteiger partial charge is 0.367 e. The maximum atomic E-state index is 6.48. The fourth-order valence-electron chi connectivity index (χ4n) is 2.65. The molecule has 0 radical (unpaired) electrons. The van der Waals surface area contributed by atoms with E-state index in [9.17, 15) is 0 Å². The zero-order chi connectivity index (χ0) is 15.4. The van der Waals surface area contributed by atoms with Crippen molar-refractivity contribution in [3.8, 4) is 0 Å².